The first-order valence-corrected chi connectivity index (χ1v) is 4.99. The molecule has 0 amide bonds. The zero-order chi connectivity index (χ0) is 8.55. The largest absolute Gasteiger partial charge is 0.457 e. The molecule has 0 fully saturated rings. The summed E-state index contributed by atoms with van der Waals surface area (Å²) in [6, 6.07) is 1.77. The van der Waals surface area contributed by atoms with Gasteiger partial charge < -0.3 is 4.42 Å². The molecule has 2 heterocycles. The monoisotopic (exact) mass is 182 g/mol. The molecule has 0 N–H and O–H groups in total. The Morgan fingerprint density at radius 2 is 2.50 bits per heavy atom. The van der Waals surface area contributed by atoms with E-state index in [1.165, 1.54) is 0 Å². The summed E-state index contributed by atoms with van der Waals surface area (Å²) in [6.07, 6.45) is 2.24. The van der Waals surface area contributed by atoms with E-state index in [0.717, 1.165) is 16.4 Å². The number of carbonyl (C=O) groups is 1. The molecule has 2 rings (SSSR count). The van der Waals surface area contributed by atoms with Crippen LogP contribution in [0.1, 0.15) is 23.7 Å². The van der Waals surface area contributed by atoms with Gasteiger partial charge in [-0.3, -0.25) is 4.79 Å². The molecule has 0 saturated heterocycles. The number of rotatable bonds is 0. The molecule has 1 aromatic heterocycles. The van der Waals surface area contributed by atoms with Crippen molar-refractivity contribution in [2.75, 3.05) is 5.75 Å². The number of furan rings is 1. The summed E-state index contributed by atoms with van der Waals surface area (Å²) in [6.45, 7) is 2.09. The molecule has 0 radical (unpaired) electrons. The van der Waals surface area contributed by atoms with Crippen molar-refractivity contribution in [2.45, 2.75) is 18.4 Å². The summed E-state index contributed by atoms with van der Waals surface area (Å²) in [5.41, 5.74) is 0.768. The highest BCUT2D eigenvalue weighted by Crippen LogP contribution is 2.31. The van der Waals surface area contributed by atoms with Crippen molar-refractivity contribution in [1.82, 2.24) is 0 Å². The van der Waals surface area contributed by atoms with Gasteiger partial charge in [0.1, 0.15) is 0 Å². The quantitative estimate of drug-likeness (QED) is 0.617. The predicted molar refractivity (Wildman–Crippen MR) is 47.5 cm³/mol. The van der Waals surface area contributed by atoms with Crippen LogP contribution in [-0.2, 0) is 0 Å². The molecule has 1 aromatic rings. The second-order valence-electron chi connectivity index (χ2n) is 3.17. The third kappa shape index (κ3) is 1.29. The van der Waals surface area contributed by atoms with Gasteiger partial charge in [-0.2, -0.15) is 0 Å². The molecule has 0 aliphatic carbocycles. The molecule has 0 saturated carbocycles. The average Bonchev–Trinajstić information content (AvgIpc) is 2.43. The Hall–Kier alpha value is -0.700. The van der Waals surface area contributed by atoms with Gasteiger partial charge in [0.15, 0.2) is 10.9 Å². The van der Waals surface area contributed by atoms with Crippen molar-refractivity contribution in [1.29, 1.82) is 0 Å². The third-order valence-electron chi connectivity index (χ3n) is 1.96. The standard InChI is InChI=1S/C9H10O2S/c1-6-4-8(10)7-2-3-11-9(7)12-5-6/h2-3,6H,4-5H2,1H3. The van der Waals surface area contributed by atoms with Crippen LogP contribution in [0, 0.1) is 5.92 Å². The van der Waals surface area contributed by atoms with Crippen LogP contribution < -0.4 is 0 Å². The number of hydrogen-bond acceptors (Lipinski definition) is 3. The van der Waals surface area contributed by atoms with E-state index in [4.69, 9.17) is 4.42 Å². The Morgan fingerprint density at radius 1 is 1.67 bits per heavy atom. The van der Waals surface area contributed by atoms with E-state index < -0.39 is 0 Å². The summed E-state index contributed by atoms with van der Waals surface area (Å²) < 4.78 is 5.20. The van der Waals surface area contributed by atoms with Gasteiger partial charge in [-0.15, -0.1) is 0 Å². The van der Waals surface area contributed by atoms with Crippen LogP contribution in [0.25, 0.3) is 0 Å². The Labute approximate surface area is 75.3 Å². The predicted octanol–water partition coefficient (Wildman–Crippen LogP) is 2.59. The van der Waals surface area contributed by atoms with E-state index in [0.29, 0.717) is 12.3 Å². The number of hydrogen-bond donors (Lipinski definition) is 0. The first-order valence-electron chi connectivity index (χ1n) is 4.01. The molecule has 2 nitrogen and oxygen atoms in total. The first kappa shape index (κ1) is 7.92. The molecule has 12 heavy (non-hydrogen) atoms. The third-order valence-corrected chi connectivity index (χ3v) is 3.28. The first-order chi connectivity index (χ1) is 5.77. The van der Waals surface area contributed by atoms with Gasteiger partial charge in [0.25, 0.3) is 0 Å². The highest BCUT2D eigenvalue weighted by atomic mass is 32.2. The fraction of sp³-hybridized carbons (Fsp3) is 0.444. The van der Waals surface area contributed by atoms with Crippen LogP contribution in [0.15, 0.2) is 21.8 Å². The highest BCUT2D eigenvalue weighted by Gasteiger charge is 2.22. The Bertz CT molecular complexity index is 303. The van der Waals surface area contributed by atoms with Crippen LogP contribution in [0.3, 0.4) is 0 Å². The molecule has 1 aliphatic heterocycles. The van der Waals surface area contributed by atoms with Crippen molar-refractivity contribution in [3.05, 3.63) is 17.9 Å². The molecule has 1 aliphatic rings. The van der Waals surface area contributed by atoms with Crippen LogP contribution in [0.4, 0.5) is 0 Å². The minimum absolute atomic E-state index is 0.219. The van der Waals surface area contributed by atoms with E-state index in [-0.39, 0.29) is 5.78 Å². The van der Waals surface area contributed by atoms with Gasteiger partial charge in [-0.1, -0.05) is 18.7 Å². The van der Waals surface area contributed by atoms with Crippen molar-refractivity contribution in [3.8, 4) is 0 Å². The fourth-order valence-corrected chi connectivity index (χ4v) is 2.33. The maximum Gasteiger partial charge on any atom is 0.170 e. The normalized spacial score (nSPS) is 23.4. The summed E-state index contributed by atoms with van der Waals surface area (Å²) in [5, 5.41) is 0.796. The maximum atomic E-state index is 11.5. The molecule has 3 heteroatoms. The molecule has 0 bridgehead atoms. The maximum absolute atomic E-state index is 11.5. The lowest BCUT2D eigenvalue weighted by molar-refractivity contribution is 0.0965. The highest BCUT2D eigenvalue weighted by molar-refractivity contribution is 7.99. The van der Waals surface area contributed by atoms with Crippen LogP contribution in [-0.4, -0.2) is 11.5 Å². The van der Waals surface area contributed by atoms with Gasteiger partial charge >= 0.3 is 0 Å². The molecular weight excluding hydrogens is 172 g/mol. The minimum Gasteiger partial charge on any atom is -0.457 e. The van der Waals surface area contributed by atoms with Gasteiger partial charge in [-0.05, 0) is 12.0 Å². The van der Waals surface area contributed by atoms with Gasteiger partial charge in [0, 0.05) is 12.2 Å². The number of Topliss-reactive ketones (excluding diaryl/α,β-unsaturated/α-hetero) is 1. The summed E-state index contributed by atoms with van der Waals surface area (Å²) in [7, 11) is 0. The van der Waals surface area contributed by atoms with Gasteiger partial charge in [-0.25, -0.2) is 0 Å². The van der Waals surface area contributed by atoms with Crippen molar-refractivity contribution in [3.63, 3.8) is 0 Å². The van der Waals surface area contributed by atoms with Crippen molar-refractivity contribution >= 4 is 17.5 Å². The van der Waals surface area contributed by atoms with Gasteiger partial charge in [0.05, 0.1) is 11.8 Å². The molecule has 64 valence electrons. The lowest BCUT2D eigenvalue weighted by Crippen LogP contribution is -2.03. The second-order valence-corrected chi connectivity index (χ2v) is 4.16. The van der Waals surface area contributed by atoms with Crippen LogP contribution in [0.5, 0.6) is 0 Å². The summed E-state index contributed by atoms with van der Waals surface area (Å²) in [4.78, 5) is 11.5. The minimum atomic E-state index is 0.219. The summed E-state index contributed by atoms with van der Waals surface area (Å²) >= 11 is 1.64. The topological polar surface area (TPSA) is 30.2 Å². The average molecular weight is 182 g/mol. The number of carbonyl (C=O) groups excluding carboxylic acids is 1. The molecule has 1 unspecified atom stereocenters. The van der Waals surface area contributed by atoms with E-state index in [9.17, 15) is 4.79 Å². The van der Waals surface area contributed by atoms with Crippen LogP contribution in [0.2, 0.25) is 0 Å². The SMILES string of the molecule is CC1CSc2occc2C(=O)C1. The van der Waals surface area contributed by atoms with Gasteiger partial charge in [0.2, 0.25) is 0 Å². The van der Waals surface area contributed by atoms with Crippen LogP contribution >= 0.6 is 11.8 Å². The molecule has 0 spiro atoms. The van der Waals surface area contributed by atoms with E-state index in [1.807, 2.05) is 0 Å². The molecule has 0 aromatic carbocycles. The second kappa shape index (κ2) is 2.98. The Morgan fingerprint density at radius 3 is 3.33 bits per heavy atom. The Balaban J connectivity index is 2.35. The molecule has 1 atom stereocenters. The van der Waals surface area contributed by atoms with Crippen molar-refractivity contribution in [2.24, 2.45) is 5.92 Å². The summed E-state index contributed by atoms with van der Waals surface area (Å²) in [5.74, 6) is 1.66. The lowest BCUT2D eigenvalue weighted by Gasteiger charge is -2.02. The zero-order valence-electron chi connectivity index (χ0n) is 6.87. The van der Waals surface area contributed by atoms with E-state index in [1.54, 1.807) is 24.1 Å². The molecular formula is C9H10O2S. The number of fused-ring (bicyclic) bond motifs is 1. The zero-order valence-corrected chi connectivity index (χ0v) is 7.69. The van der Waals surface area contributed by atoms with E-state index >= 15 is 0 Å². The lowest BCUT2D eigenvalue weighted by atomic mass is 10.0. The number of thioether (sulfide) groups is 1. The van der Waals surface area contributed by atoms with Crippen molar-refractivity contribution < 1.29 is 9.21 Å². The number of ketones is 1. The smallest absolute Gasteiger partial charge is 0.170 e. The fourth-order valence-electron chi connectivity index (χ4n) is 1.32. The van der Waals surface area contributed by atoms with E-state index in [2.05, 4.69) is 6.92 Å². The Kier molecular flexibility index (Phi) is 1.97.